The number of carbonyl (C=O) groups is 3. The Morgan fingerprint density at radius 3 is 2.66 bits per heavy atom. The highest BCUT2D eigenvalue weighted by Crippen LogP contribution is 2.33. The van der Waals surface area contributed by atoms with E-state index >= 15 is 0 Å². The normalized spacial score (nSPS) is 13.5. The second-order valence-corrected chi connectivity index (χ2v) is 8.70. The summed E-state index contributed by atoms with van der Waals surface area (Å²) in [6.07, 6.45) is 0. The molecule has 3 aromatic carbocycles. The number of halogens is 1. The van der Waals surface area contributed by atoms with Crippen molar-refractivity contribution in [3.05, 3.63) is 88.4 Å². The van der Waals surface area contributed by atoms with E-state index in [1.165, 1.54) is 4.90 Å². The molecule has 1 aliphatic heterocycles. The molecule has 7 nitrogen and oxygen atoms in total. The number of anilines is 1. The first-order chi connectivity index (χ1) is 16.8. The maximum Gasteiger partial charge on any atom is 0.265 e. The van der Waals surface area contributed by atoms with Crippen LogP contribution >= 0.6 is 11.6 Å². The molecule has 3 aromatic rings. The van der Waals surface area contributed by atoms with E-state index in [2.05, 4.69) is 5.32 Å². The maximum atomic E-state index is 12.8. The molecule has 0 spiro atoms. The summed E-state index contributed by atoms with van der Waals surface area (Å²) < 4.78 is 11.1. The Balaban J connectivity index is 1.47. The number of benzene rings is 3. The molecule has 1 aliphatic rings. The van der Waals surface area contributed by atoms with E-state index in [1.807, 2.05) is 50.2 Å². The summed E-state index contributed by atoms with van der Waals surface area (Å²) in [5.41, 5.74) is 2.60. The molecule has 4 rings (SSSR count). The Morgan fingerprint density at radius 1 is 1.11 bits per heavy atom. The van der Waals surface area contributed by atoms with Crippen molar-refractivity contribution in [2.45, 2.75) is 19.9 Å². The average Bonchev–Trinajstić information content (AvgIpc) is 2.86. The monoisotopic (exact) mass is 492 g/mol. The third-order valence-electron chi connectivity index (χ3n) is 5.65. The van der Waals surface area contributed by atoms with Gasteiger partial charge in [-0.1, -0.05) is 48.0 Å². The van der Waals surface area contributed by atoms with E-state index in [0.717, 1.165) is 11.1 Å². The first kappa shape index (κ1) is 24.3. The predicted molar refractivity (Wildman–Crippen MR) is 133 cm³/mol. The van der Waals surface area contributed by atoms with Gasteiger partial charge in [-0.2, -0.15) is 0 Å². The Labute approximate surface area is 208 Å². The van der Waals surface area contributed by atoms with Gasteiger partial charge in [0.15, 0.2) is 19.0 Å². The molecule has 2 amide bonds. The van der Waals surface area contributed by atoms with Gasteiger partial charge in [-0.05, 0) is 55.3 Å². The van der Waals surface area contributed by atoms with Crippen molar-refractivity contribution in [1.82, 2.24) is 5.32 Å². The fourth-order valence-electron chi connectivity index (χ4n) is 3.75. The van der Waals surface area contributed by atoms with Gasteiger partial charge >= 0.3 is 0 Å². The Kier molecular flexibility index (Phi) is 7.36. The van der Waals surface area contributed by atoms with Crippen LogP contribution in [-0.2, 0) is 9.59 Å². The number of nitrogens with zero attached hydrogens (tertiary/aromatic N) is 1. The topological polar surface area (TPSA) is 84.9 Å². The number of ketones is 1. The van der Waals surface area contributed by atoms with Crippen LogP contribution in [0.25, 0.3) is 0 Å². The number of hydrogen-bond acceptors (Lipinski definition) is 5. The molecule has 180 valence electrons. The molecule has 0 saturated heterocycles. The Bertz CT molecular complexity index is 1260. The van der Waals surface area contributed by atoms with Crippen molar-refractivity contribution in [3.63, 3.8) is 0 Å². The molecule has 0 saturated carbocycles. The number of amides is 2. The number of nitrogens with one attached hydrogen (secondary N) is 1. The second-order valence-electron chi connectivity index (χ2n) is 8.30. The molecule has 1 heterocycles. The quantitative estimate of drug-likeness (QED) is 0.467. The van der Waals surface area contributed by atoms with Crippen LogP contribution in [0.4, 0.5) is 5.69 Å². The molecule has 0 fully saturated rings. The zero-order chi connectivity index (χ0) is 24.9. The molecule has 0 bridgehead atoms. The summed E-state index contributed by atoms with van der Waals surface area (Å²) in [6, 6.07) is 19.4. The molecule has 35 heavy (non-hydrogen) atoms. The Morgan fingerprint density at radius 2 is 1.89 bits per heavy atom. The number of aryl methyl sites for hydroxylation is 1. The van der Waals surface area contributed by atoms with E-state index in [1.54, 1.807) is 30.3 Å². The van der Waals surface area contributed by atoms with Crippen molar-refractivity contribution >= 4 is 34.9 Å². The largest absolute Gasteiger partial charge is 0.484 e. The van der Waals surface area contributed by atoms with E-state index in [9.17, 15) is 14.4 Å². The highest BCUT2D eigenvalue weighted by atomic mass is 35.5. The van der Waals surface area contributed by atoms with E-state index in [-0.39, 0.29) is 43.4 Å². The van der Waals surface area contributed by atoms with Gasteiger partial charge in [0.05, 0.1) is 16.8 Å². The van der Waals surface area contributed by atoms with Gasteiger partial charge in [-0.3, -0.25) is 19.3 Å². The van der Waals surface area contributed by atoms with Crippen LogP contribution in [-0.4, -0.2) is 37.4 Å². The summed E-state index contributed by atoms with van der Waals surface area (Å²) in [6.45, 7) is 3.17. The van der Waals surface area contributed by atoms with Crippen LogP contribution in [0.1, 0.15) is 34.5 Å². The average molecular weight is 493 g/mol. The predicted octanol–water partition coefficient (Wildman–Crippen LogP) is 4.51. The highest BCUT2D eigenvalue weighted by molar-refractivity contribution is 6.32. The fraction of sp³-hybridized carbons (Fsp3) is 0.222. The first-order valence-electron chi connectivity index (χ1n) is 11.2. The zero-order valence-electron chi connectivity index (χ0n) is 19.4. The molecule has 0 aliphatic carbocycles. The number of carbonyl (C=O) groups excluding carboxylic acids is 3. The highest BCUT2D eigenvalue weighted by Gasteiger charge is 2.29. The summed E-state index contributed by atoms with van der Waals surface area (Å²) in [5.74, 6) is -0.148. The number of Topliss-reactive ketones (excluding diaryl/α,β-unsaturated/α-hetero) is 1. The van der Waals surface area contributed by atoms with Crippen LogP contribution in [0.2, 0.25) is 5.02 Å². The second kappa shape index (κ2) is 10.6. The summed E-state index contributed by atoms with van der Waals surface area (Å²) in [4.78, 5) is 39.5. The Hall–Kier alpha value is -3.84. The van der Waals surface area contributed by atoms with Crippen molar-refractivity contribution in [2.75, 3.05) is 24.7 Å². The van der Waals surface area contributed by atoms with Crippen LogP contribution in [0.15, 0.2) is 66.7 Å². The maximum absolute atomic E-state index is 12.8. The number of rotatable bonds is 8. The molecular formula is C27H25ClN2O5. The fourth-order valence-corrected chi connectivity index (χ4v) is 3.92. The van der Waals surface area contributed by atoms with Crippen LogP contribution in [0.5, 0.6) is 11.5 Å². The zero-order valence-corrected chi connectivity index (χ0v) is 20.2. The third kappa shape index (κ3) is 5.81. The lowest BCUT2D eigenvalue weighted by atomic mass is 10.1. The lowest BCUT2D eigenvalue weighted by Crippen LogP contribution is -2.45. The summed E-state index contributed by atoms with van der Waals surface area (Å²) >= 11 is 6.14. The van der Waals surface area contributed by atoms with Gasteiger partial charge in [0.2, 0.25) is 5.91 Å². The minimum atomic E-state index is -0.368. The molecule has 1 unspecified atom stereocenters. The lowest BCUT2D eigenvalue weighted by Gasteiger charge is -2.29. The van der Waals surface area contributed by atoms with Crippen molar-refractivity contribution in [1.29, 1.82) is 0 Å². The first-order valence-corrected chi connectivity index (χ1v) is 11.5. The van der Waals surface area contributed by atoms with Crippen LogP contribution < -0.4 is 19.7 Å². The van der Waals surface area contributed by atoms with Crippen molar-refractivity contribution < 1.29 is 23.9 Å². The molecule has 1 N–H and O–H groups in total. The molecule has 8 heteroatoms. The van der Waals surface area contributed by atoms with E-state index in [4.69, 9.17) is 21.1 Å². The molecular weight excluding hydrogens is 468 g/mol. The van der Waals surface area contributed by atoms with Gasteiger partial charge in [-0.15, -0.1) is 0 Å². The van der Waals surface area contributed by atoms with Gasteiger partial charge in [0, 0.05) is 5.56 Å². The minimum Gasteiger partial charge on any atom is -0.484 e. The smallest absolute Gasteiger partial charge is 0.265 e. The van der Waals surface area contributed by atoms with Gasteiger partial charge in [-0.25, -0.2) is 0 Å². The number of hydrogen-bond donors (Lipinski definition) is 1. The number of fused-ring (bicyclic) bond motifs is 1. The van der Waals surface area contributed by atoms with Crippen LogP contribution in [0.3, 0.4) is 0 Å². The van der Waals surface area contributed by atoms with Crippen molar-refractivity contribution in [2.24, 2.45) is 0 Å². The standard InChI is InChI=1S/C27H25ClN2O5/c1-17-8-10-21(28)25(12-17)34-15-23(31)20-9-11-24-22(13-20)30(27(33)16-35-24)14-26(32)29-18(2)19-6-4-3-5-7-19/h3-13,18H,14-16H2,1-2H3,(H,29,32). The molecule has 0 radical (unpaired) electrons. The molecule has 0 aromatic heterocycles. The SMILES string of the molecule is Cc1ccc(Cl)c(OCC(=O)c2ccc3c(c2)N(CC(=O)NC(C)c2ccccc2)C(=O)CO3)c1. The van der Waals surface area contributed by atoms with Gasteiger partial charge in [0.25, 0.3) is 5.91 Å². The summed E-state index contributed by atoms with van der Waals surface area (Å²) in [7, 11) is 0. The van der Waals surface area contributed by atoms with Crippen LogP contribution in [0, 0.1) is 6.92 Å². The minimum absolute atomic E-state index is 0.184. The third-order valence-corrected chi connectivity index (χ3v) is 5.96. The number of ether oxygens (including phenoxy) is 2. The van der Waals surface area contributed by atoms with Gasteiger partial charge < -0.3 is 14.8 Å². The van der Waals surface area contributed by atoms with E-state index < -0.39 is 0 Å². The lowest BCUT2D eigenvalue weighted by molar-refractivity contribution is -0.125. The van der Waals surface area contributed by atoms with Gasteiger partial charge in [0.1, 0.15) is 18.0 Å². The van der Waals surface area contributed by atoms with Crippen molar-refractivity contribution in [3.8, 4) is 11.5 Å². The van der Waals surface area contributed by atoms with E-state index in [0.29, 0.717) is 27.8 Å². The summed E-state index contributed by atoms with van der Waals surface area (Å²) in [5, 5.41) is 3.32. The molecule has 1 atom stereocenters.